The lowest BCUT2D eigenvalue weighted by Crippen LogP contribution is -2.25. The number of anilines is 1. The maximum atomic E-state index is 4.94. The average Bonchev–Trinajstić information content (AvgIpc) is 3.14. The number of nitrogens with zero attached hydrogens (tertiary/aromatic N) is 2. The fourth-order valence-electron chi connectivity index (χ4n) is 2.40. The summed E-state index contributed by atoms with van der Waals surface area (Å²) in [4.78, 5) is 8.84. The van der Waals surface area contributed by atoms with Gasteiger partial charge in [0.25, 0.3) is 0 Å². The Bertz CT molecular complexity index is 410. The topological polar surface area (TPSA) is 28.2 Å². The van der Waals surface area contributed by atoms with Crippen molar-refractivity contribution in [1.29, 1.82) is 0 Å². The van der Waals surface area contributed by atoms with Gasteiger partial charge < -0.3 is 10.2 Å². The van der Waals surface area contributed by atoms with E-state index in [2.05, 4.69) is 37.9 Å². The highest BCUT2D eigenvalue weighted by Gasteiger charge is 2.26. The molecule has 0 amide bonds. The summed E-state index contributed by atoms with van der Waals surface area (Å²) in [5.74, 6) is 1.43. The first kappa shape index (κ1) is 15.8. The minimum absolute atomic E-state index is 0.512. The van der Waals surface area contributed by atoms with Crippen molar-refractivity contribution < 1.29 is 0 Å². The van der Waals surface area contributed by atoms with Crippen LogP contribution in [-0.4, -0.2) is 24.6 Å². The van der Waals surface area contributed by atoms with Gasteiger partial charge in [0.05, 0.1) is 5.69 Å². The second-order valence-electron chi connectivity index (χ2n) is 6.12. The zero-order valence-corrected chi connectivity index (χ0v) is 14.2. The zero-order valence-electron chi connectivity index (χ0n) is 13.4. The minimum Gasteiger partial charge on any atom is -0.348 e. The minimum atomic E-state index is 0.512. The fraction of sp³-hybridized carbons (Fsp3) is 0.812. The highest BCUT2D eigenvalue weighted by atomic mass is 32.1. The highest BCUT2D eigenvalue weighted by Crippen LogP contribution is 2.35. The average molecular weight is 295 g/mol. The molecular weight excluding hydrogens is 266 g/mol. The van der Waals surface area contributed by atoms with Gasteiger partial charge >= 0.3 is 0 Å². The Hall–Kier alpha value is -0.610. The van der Waals surface area contributed by atoms with E-state index >= 15 is 0 Å². The molecule has 1 aliphatic carbocycles. The molecule has 114 valence electrons. The summed E-state index contributed by atoms with van der Waals surface area (Å²) in [5.41, 5.74) is 1.29. The lowest BCUT2D eigenvalue weighted by atomic mass is 10.1. The van der Waals surface area contributed by atoms with Crippen molar-refractivity contribution in [3.63, 3.8) is 0 Å². The summed E-state index contributed by atoms with van der Waals surface area (Å²) in [6.07, 6.45) is 4.00. The molecule has 0 aromatic carbocycles. The van der Waals surface area contributed by atoms with Crippen molar-refractivity contribution in [2.75, 3.05) is 24.5 Å². The van der Waals surface area contributed by atoms with Crippen LogP contribution < -0.4 is 10.2 Å². The molecule has 1 aromatic heterocycles. The standard InChI is InChI=1S/C16H29N3S/c1-5-9-17-10-14-15(12(3)4)18-16(20-14)19(6-2)11-13-7-8-13/h12-13,17H,5-11H2,1-4H3. The normalized spacial score (nSPS) is 15.1. The Morgan fingerprint density at radius 1 is 1.35 bits per heavy atom. The van der Waals surface area contributed by atoms with Crippen LogP contribution in [0, 0.1) is 5.92 Å². The van der Waals surface area contributed by atoms with E-state index in [1.807, 2.05) is 11.3 Å². The third-order valence-electron chi connectivity index (χ3n) is 3.80. The van der Waals surface area contributed by atoms with Crippen molar-refractivity contribution in [2.45, 2.75) is 59.4 Å². The van der Waals surface area contributed by atoms with E-state index in [1.54, 1.807) is 0 Å². The van der Waals surface area contributed by atoms with Crippen molar-refractivity contribution in [3.05, 3.63) is 10.6 Å². The number of nitrogens with one attached hydrogen (secondary N) is 1. The number of aromatic nitrogens is 1. The van der Waals surface area contributed by atoms with Gasteiger partial charge in [-0.3, -0.25) is 0 Å². The van der Waals surface area contributed by atoms with Gasteiger partial charge in [0.15, 0.2) is 5.13 Å². The van der Waals surface area contributed by atoms with Crippen molar-refractivity contribution in [2.24, 2.45) is 5.92 Å². The second kappa shape index (κ2) is 7.41. The predicted octanol–water partition coefficient (Wildman–Crippen LogP) is 4.00. The quantitative estimate of drug-likeness (QED) is 0.698. The molecule has 0 bridgehead atoms. The third-order valence-corrected chi connectivity index (χ3v) is 4.94. The third kappa shape index (κ3) is 4.19. The molecule has 0 spiro atoms. The van der Waals surface area contributed by atoms with Crippen LogP contribution in [0.4, 0.5) is 5.13 Å². The molecule has 1 fully saturated rings. The smallest absolute Gasteiger partial charge is 0.185 e. The van der Waals surface area contributed by atoms with Gasteiger partial charge in [0.2, 0.25) is 0 Å². The van der Waals surface area contributed by atoms with E-state index in [-0.39, 0.29) is 0 Å². The number of rotatable bonds is 9. The first-order valence-corrected chi connectivity index (χ1v) is 8.92. The van der Waals surface area contributed by atoms with E-state index in [0.717, 1.165) is 25.6 Å². The van der Waals surface area contributed by atoms with Gasteiger partial charge in [-0.2, -0.15) is 0 Å². The first-order chi connectivity index (χ1) is 9.65. The molecule has 0 atom stereocenters. The molecule has 0 saturated heterocycles. The molecule has 3 nitrogen and oxygen atoms in total. The molecule has 0 aliphatic heterocycles. The monoisotopic (exact) mass is 295 g/mol. The van der Waals surface area contributed by atoms with Crippen LogP contribution in [0.2, 0.25) is 0 Å². The molecule has 0 unspecified atom stereocenters. The first-order valence-electron chi connectivity index (χ1n) is 8.10. The van der Waals surface area contributed by atoms with E-state index in [4.69, 9.17) is 4.98 Å². The van der Waals surface area contributed by atoms with Crippen molar-refractivity contribution >= 4 is 16.5 Å². The van der Waals surface area contributed by atoms with Gasteiger partial charge in [-0.1, -0.05) is 20.8 Å². The van der Waals surface area contributed by atoms with Crippen LogP contribution in [0.5, 0.6) is 0 Å². The summed E-state index contributed by atoms with van der Waals surface area (Å²) in [6, 6.07) is 0. The zero-order chi connectivity index (χ0) is 14.5. The highest BCUT2D eigenvalue weighted by molar-refractivity contribution is 7.15. The Labute approximate surface area is 127 Å². The maximum absolute atomic E-state index is 4.94. The summed E-state index contributed by atoms with van der Waals surface area (Å²) in [5, 5.41) is 4.75. The molecule has 0 radical (unpaired) electrons. The summed E-state index contributed by atoms with van der Waals surface area (Å²) in [6.45, 7) is 13.3. The van der Waals surface area contributed by atoms with Gasteiger partial charge in [0.1, 0.15) is 0 Å². The lowest BCUT2D eigenvalue weighted by molar-refractivity contribution is 0.670. The molecule has 2 rings (SSSR count). The molecule has 1 saturated carbocycles. The SMILES string of the molecule is CCCNCc1sc(N(CC)CC2CC2)nc1C(C)C. The molecule has 1 aromatic rings. The van der Waals surface area contributed by atoms with Crippen LogP contribution in [0.15, 0.2) is 0 Å². The van der Waals surface area contributed by atoms with E-state index < -0.39 is 0 Å². The van der Waals surface area contributed by atoms with Gasteiger partial charge in [-0.05, 0) is 44.6 Å². The summed E-state index contributed by atoms with van der Waals surface area (Å²) >= 11 is 1.89. The number of hydrogen-bond acceptors (Lipinski definition) is 4. The van der Waals surface area contributed by atoms with Gasteiger partial charge in [-0.25, -0.2) is 4.98 Å². The van der Waals surface area contributed by atoms with Crippen LogP contribution >= 0.6 is 11.3 Å². The van der Waals surface area contributed by atoms with Crippen molar-refractivity contribution in [3.8, 4) is 0 Å². The van der Waals surface area contributed by atoms with Crippen molar-refractivity contribution in [1.82, 2.24) is 10.3 Å². The fourth-order valence-corrected chi connectivity index (χ4v) is 3.65. The van der Waals surface area contributed by atoms with Gasteiger partial charge in [0, 0.05) is 24.5 Å². The molecule has 4 heteroatoms. The lowest BCUT2D eigenvalue weighted by Gasteiger charge is -2.19. The van der Waals surface area contributed by atoms with Crippen LogP contribution in [-0.2, 0) is 6.54 Å². The Kier molecular flexibility index (Phi) is 5.85. The molecular formula is C16H29N3S. The molecule has 1 aliphatic rings. The Balaban J connectivity index is 2.09. The van der Waals surface area contributed by atoms with Gasteiger partial charge in [-0.15, -0.1) is 11.3 Å². The van der Waals surface area contributed by atoms with Crippen LogP contribution in [0.3, 0.4) is 0 Å². The summed E-state index contributed by atoms with van der Waals surface area (Å²) < 4.78 is 0. The van der Waals surface area contributed by atoms with E-state index in [9.17, 15) is 0 Å². The molecule has 20 heavy (non-hydrogen) atoms. The Morgan fingerprint density at radius 3 is 2.65 bits per heavy atom. The van der Waals surface area contributed by atoms with E-state index in [1.165, 1.54) is 41.5 Å². The van der Waals surface area contributed by atoms with Crippen LogP contribution in [0.25, 0.3) is 0 Å². The second-order valence-corrected chi connectivity index (χ2v) is 7.18. The Morgan fingerprint density at radius 2 is 2.10 bits per heavy atom. The molecule has 1 N–H and O–H groups in total. The maximum Gasteiger partial charge on any atom is 0.185 e. The largest absolute Gasteiger partial charge is 0.348 e. The van der Waals surface area contributed by atoms with E-state index in [0.29, 0.717) is 5.92 Å². The summed E-state index contributed by atoms with van der Waals surface area (Å²) in [7, 11) is 0. The number of thiazole rings is 1. The number of hydrogen-bond donors (Lipinski definition) is 1. The molecule has 1 heterocycles. The predicted molar refractivity (Wildman–Crippen MR) is 88.8 cm³/mol. The van der Waals surface area contributed by atoms with Crippen LogP contribution in [0.1, 0.15) is 63.4 Å².